The highest BCUT2D eigenvalue weighted by Crippen LogP contribution is 2.24. The number of benzene rings is 2. The maximum absolute atomic E-state index is 12.7. The van der Waals surface area contributed by atoms with Gasteiger partial charge in [0.15, 0.2) is 4.80 Å². The molecule has 0 unspecified atom stereocenters. The van der Waals surface area contributed by atoms with Crippen LogP contribution in [0.5, 0.6) is 5.75 Å². The molecule has 0 fully saturated rings. The van der Waals surface area contributed by atoms with Crippen LogP contribution in [0.2, 0.25) is 0 Å². The van der Waals surface area contributed by atoms with Crippen molar-refractivity contribution in [2.24, 2.45) is 4.99 Å². The van der Waals surface area contributed by atoms with Gasteiger partial charge < -0.3 is 9.30 Å². The molecule has 0 atom stereocenters. The monoisotopic (exact) mass is 383 g/mol. The third-order valence-corrected chi connectivity index (χ3v) is 5.95. The topological polar surface area (TPSA) is 56.5 Å². The van der Waals surface area contributed by atoms with Gasteiger partial charge in [-0.1, -0.05) is 18.3 Å². The van der Waals surface area contributed by atoms with Gasteiger partial charge in [-0.25, -0.2) is 4.98 Å². The van der Waals surface area contributed by atoms with Crippen LogP contribution in [0, 0.1) is 0 Å². The first kappa shape index (κ1) is 16.9. The van der Waals surface area contributed by atoms with E-state index in [0.717, 1.165) is 39.1 Å². The van der Waals surface area contributed by atoms with Gasteiger partial charge >= 0.3 is 0 Å². The average molecular weight is 383 g/mol. The van der Waals surface area contributed by atoms with Crippen LogP contribution in [0.4, 0.5) is 0 Å². The number of hydrogen-bond acceptors (Lipinski definition) is 5. The molecule has 0 aliphatic carbocycles. The maximum atomic E-state index is 12.7. The Bertz CT molecular complexity index is 1170. The van der Waals surface area contributed by atoms with Gasteiger partial charge in [0.25, 0.3) is 5.91 Å². The first-order valence-corrected chi connectivity index (χ1v) is 9.99. The summed E-state index contributed by atoms with van der Waals surface area (Å²) in [6, 6.07) is 11.5. The number of rotatable bonds is 4. The van der Waals surface area contributed by atoms with E-state index in [4.69, 9.17) is 4.74 Å². The van der Waals surface area contributed by atoms with Gasteiger partial charge in [-0.15, -0.1) is 11.3 Å². The van der Waals surface area contributed by atoms with Crippen LogP contribution < -0.4 is 9.54 Å². The highest BCUT2D eigenvalue weighted by Gasteiger charge is 2.11. The number of carbonyl (C=O) groups is 1. The fraction of sp³-hybridized carbons (Fsp3) is 0.211. The van der Waals surface area contributed by atoms with Crippen LogP contribution in [0.1, 0.15) is 23.7 Å². The number of aromatic nitrogens is 2. The largest absolute Gasteiger partial charge is 0.497 e. The summed E-state index contributed by atoms with van der Waals surface area (Å²) in [6.45, 7) is 2.93. The second-order valence-electron chi connectivity index (χ2n) is 5.82. The third-order valence-electron chi connectivity index (χ3n) is 4.11. The van der Waals surface area contributed by atoms with Gasteiger partial charge in [0.2, 0.25) is 0 Å². The van der Waals surface area contributed by atoms with E-state index in [9.17, 15) is 4.79 Å². The molecule has 0 saturated heterocycles. The molecular formula is C19H17N3O2S2. The van der Waals surface area contributed by atoms with Crippen molar-refractivity contribution in [1.82, 2.24) is 9.55 Å². The summed E-state index contributed by atoms with van der Waals surface area (Å²) in [4.78, 5) is 22.1. The van der Waals surface area contributed by atoms with Crippen molar-refractivity contribution in [2.45, 2.75) is 19.9 Å². The van der Waals surface area contributed by atoms with Gasteiger partial charge in [0.05, 0.1) is 33.1 Å². The molecule has 0 aliphatic heterocycles. The molecule has 2 aromatic carbocycles. The Balaban J connectivity index is 1.82. The van der Waals surface area contributed by atoms with E-state index in [0.29, 0.717) is 10.4 Å². The number of aryl methyl sites for hydroxylation is 1. The van der Waals surface area contributed by atoms with Crippen molar-refractivity contribution in [3.8, 4) is 5.75 Å². The van der Waals surface area contributed by atoms with Crippen molar-refractivity contribution in [3.05, 3.63) is 52.3 Å². The molecule has 4 rings (SSSR count). The van der Waals surface area contributed by atoms with Crippen LogP contribution >= 0.6 is 22.7 Å². The van der Waals surface area contributed by atoms with Crippen molar-refractivity contribution in [2.75, 3.05) is 7.11 Å². The van der Waals surface area contributed by atoms with Gasteiger partial charge in [0, 0.05) is 12.1 Å². The minimum Gasteiger partial charge on any atom is -0.497 e. The second-order valence-corrected chi connectivity index (χ2v) is 7.72. The molecule has 0 bridgehead atoms. The smallest absolute Gasteiger partial charge is 0.279 e. The Labute approximate surface area is 158 Å². The zero-order chi connectivity index (χ0) is 18.1. The first-order chi connectivity index (χ1) is 12.7. The zero-order valence-corrected chi connectivity index (χ0v) is 16.1. The lowest BCUT2D eigenvalue weighted by Gasteiger charge is -2.03. The number of methoxy groups -OCH3 is 1. The number of carbonyl (C=O) groups excluding carboxylic acids is 1. The summed E-state index contributed by atoms with van der Waals surface area (Å²) in [5.41, 5.74) is 4.34. The van der Waals surface area contributed by atoms with E-state index in [2.05, 4.69) is 21.5 Å². The normalized spacial score (nSPS) is 12.2. The second kappa shape index (κ2) is 7.01. The Morgan fingerprint density at radius 2 is 2.12 bits per heavy atom. The number of ether oxygens (including phenoxy) is 1. The van der Waals surface area contributed by atoms with E-state index in [1.807, 2.05) is 30.3 Å². The van der Waals surface area contributed by atoms with Crippen LogP contribution in [0.25, 0.3) is 20.4 Å². The summed E-state index contributed by atoms with van der Waals surface area (Å²) in [5, 5.41) is 0. The molecule has 1 amide bonds. The molecule has 7 heteroatoms. The van der Waals surface area contributed by atoms with Crippen molar-refractivity contribution >= 4 is 49.0 Å². The predicted molar refractivity (Wildman–Crippen MR) is 106 cm³/mol. The third kappa shape index (κ3) is 3.04. The van der Waals surface area contributed by atoms with Crippen LogP contribution in [-0.4, -0.2) is 22.6 Å². The molecule has 26 heavy (non-hydrogen) atoms. The molecule has 132 valence electrons. The quantitative estimate of drug-likeness (QED) is 0.522. The van der Waals surface area contributed by atoms with Crippen LogP contribution in [-0.2, 0) is 6.54 Å². The van der Waals surface area contributed by atoms with Crippen molar-refractivity contribution in [3.63, 3.8) is 0 Å². The number of nitrogens with zero attached hydrogens (tertiary/aromatic N) is 3. The van der Waals surface area contributed by atoms with Crippen molar-refractivity contribution in [1.29, 1.82) is 0 Å². The Hall–Kier alpha value is -2.51. The number of fused-ring (bicyclic) bond motifs is 2. The summed E-state index contributed by atoms with van der Waals surface area (Å²) in [7, 11) is 1.65. The minimum atomic E-state index is -0.233. The molecule has 0 saturated carbocycles. The Kier molecular flexibility index (Phi) is 4.57. The average Bonchev–Trinajstić information content (AvgIpc) is 3.25. The molecule has 0 aliphatic rings. The fourth-order valence-electron chi connectivity index (χ4n) is 2.85. The minimum absolute atomic E-state index is 0.233. The van der Waals surface area contributed by atoms with E-state index in [1.165, 1.54) is 22.7 Å². The molecular weight excluding hydrogens is 366 g/mol. The standard InChI is InChI=1S/C19H17N3O2S2/c1-3-8-22-15-7-5-13(24-2)10-17(15)26-19(22)21-18(23)12-4-6-14-16(9-12)25-11-20-14/h4-7,9-11H,3,8H2,1-2H3. The molecule has 2 heterocycles. The Morgan fingerprint density at radius 3 is 2.92 bits per heavy atom. The summed E-state index contributed by atoms with van der Waals surface area (Å²) in [5.74, 6) is 0.569. The maximum Gasteiger partial charge on any atom is 0.279 e. The Morgan fingerprint density at radius 1 is 1.23 bits per heavy atom. The lowest BCUT2D eigenvalue weighted by Crippen LogP contribution is -2.16. The van der Waals surface area contributed by atoms with Gasteiger partial charge in [-0.05, 0) is 42.8 Å². The lowest BCUT2D eigenvalue weighted by atomic mass is 10.2. The molecule has 0 N–H and O–H groups in total. The van der Waals surface area contributed by atoms with Crippen LogP contribution in [0.3, 0.4) is 0 Å². The number of thiazole rings is 2. The van der Waals surface area contributed by atoms with E-state index in [-0.39, 0.29) is 5.91 Å². The SMILES string of the molecule is CCCn1c(=NC(=O)c2ccc3ncsc3c2)sc2cc(OC)ccc21. The molecule has 2 aromatic heterocycles. The summed E-state index contributed by atoms with van der Waals surface area (Å²) < 4.78 is 9.46. The molecule has 0 radical (unpaired) electrons. The van der Waals surface area contributed by atoms with Gasteiger partial charge in [0.1, 0.15) is 5.75 Å². The summed E-state index contributed by atoms with van der Waals surface area (Å²) >= 11 is 3.03. The highest BCUT2D eigenvalue weighted by atomic mass is 32.1. The molecule has 4 aromatic rings. The molecule has 0 spiro atoms. The van der Waals surface area contributed by atoms with Crippen molar-refractivity contribution < 1.29 is 9.53 Å². The fourth-order valence-corrected chi connectivity index (χ4v) is 4.64. The zero-order valence-electron chi connectivity index (χ0n) is 14.4. The predicted octanol–water partition coefficient (Wildman–Crippen LogP) is 4.47. The van der Waals surface area contributed by atoms with Gasteiger partial charge in [-0.3, -0.25) is 4.79 Å². The number of hydrogen-bond donors (Lipinski definition) is 0. The number of amides is 1. The highest BCUT2D eigenvalue weighted by molar-refractivity contribution is 7.17. The van der Waals surface area contributed by atoms with Gasteiger partial charge in [-0.2, -0.15) is 4.99 Å². The van der Waals surface area contributed by atoms with Crippen LogP contribution in [0.15, 0.2) is 46.9 Å². The van der Waals surface area contributed by atoms with E-state index >= 15 is 0 Å². The summed E-state index contributed by atoms with van der Waals surface area (Å²) in [6.07, 6.45) is 0.964. The lowest BCUT2D eigenvalue weighted by molar-refractivity contribution is 0.0998. The molecule has 5 nitrogen and oxygen atoms in total. The van der Waals surface area contributed by atoms with E-state index < -0.39 is 0 Å². The first-order valence-electron chi connectivity index (χ1n) is 8.29. The van der Waals surface area contributed by atoms with E-state index in [1.54, 1.807) is 18.7 Å².